The molecule has 0 aliphatic carbocycles. The van der Waals surface area contributed by atoms with Gasteiger partial charge in [0.25, 0.3) is 0 Å². The molecule has 0 aromatic carbocycles. The zero-order chi connectivity index (χ0) is 8.15. The highest BCUT2D eigenvalue weighted by atomic mass is 16.5. The molecule has 0 aromatic heterocycles. The highest BCUT2D eigenvalue weighted by Gasteiger charge is 2.07. The Morgan fingerprint density at radius 1 is 1.40 bits per heavy atom. The lowest BCUT2D eigenvalue weighted by molar-refractivity contribution is -0.0136. The van der Waals surface area contributed by atoms with Crippen molar-refractivity contribution in [3.05, 3.63) is 0 Å². The molecule has 3 heteroatoms. The van der Waals surface area contributed by atoms with Crippen LogP contribution in [-0.2, 0) is 4.74 Å². The van der Waals surface area contributed by atoms with Crippen LogP contribution >= 0.6 is 0 Å². The number of aliphatic hydroxyl groups excluding tert-OH is 1. The first-order valence-corrected chi connectivity index (χ1v) is 3.61. The van der Waals surface area contributed by atoms with Gasteiger partial charge in [0.15, 0.2) is 0 Å². The van der Waals surface area contributed by atoms with Gasteiger partial charge in [0.1, 0.15) is 6.23 Å². The maximum atomic E-state index is 8.88. The summed E-state index contributed by atoms with van der Waals surface area (Å²) >= 11 is 0. The van der Waals surface area contributed by atoms with Gasteiger partial charge in [-0.05, 0) is 20.8 Å². The van der Waals surface area contributed by atoms with Crippen molar-refractivity contribution in [2.45, 2.75) is 45.6 Å². The van der Waals surface area contributed by atoms with Crippen molar-refractivity contribution < 1.29 is 9.84 Å². The van der Waals surface area contributed by atoms with Gasteiger partial charge >= 0.3 is 0 Å². The number of rotatable bonds is 4. The van der Waals surface area contributed by atoms with E-state index in [1.165, 1.54) is 0 Å². The molecule has 0 aliphatic heterocycles. The van der Waals surface area contributed by atoms with E-state index in [1.807, 2.05) is 13.8 Å². The predicted octanol–water partition coefficient (Wildman–Crippen LogP) is 0.467. The van der Waals surface area contributed by atoms with Crippen LogP contribution in [0.4, 0.5) is 0 Å². The third kappa shape index (κ3) is 6.01. The number of ether oxygens (including phenoxy) is 1. The molecule has 0 aromatic rings. The number of nitrogens with two attached hydrogens (primary N) is 1. The molecule has 0 bridgehead atoms. The molecule has 0 fully saturated rings. The molecule has 62 valence electrons. The van der Waals surface area contributed by atoms with Crippen molar-refractivity contribution in [1.82, 2.24) is 0 Å². The molecule has 2 atom stereocenters. The summed E-state index contributed by atoms with van der Waals surface area (Å²) in [6.07, 6.45) is -0.0828. The molecule has 10 heavy (non-hydrogen) atoms. The third-order valence-corrected chi connectivity index (χ3v) is 1.02. The van der Waals surface area contributed by atoms with E-state index in [9.17, 15) is 0 Å². The Morgan fingerprint density at radius 2 is 1.90 bits per heavy atom. The lowest BCUT2D eigenvalue weighted by atomic mass is 10.2. The summed E-state index contributed by atoms with van der Waals surface area (Å²) in [4.78, 5) is 0. The van der Waals surface area contributed by atoms with Gasteiger partial charge in [0, 0.05) is 6.42 Å². The van der Waals surface area contributed by atoms with Crippen LogP contribution in [0, 0.1) is 0 Å². The summed E-state index contributed by atoms with van der Waals surface area (Å²) < 4.78 is 5.18. The molecule has 0 heterocycles. The van der Waals surface area contributed by atoms with Crippen molar-refractivity contribution in [3.63, 3.8) is 0 Å². The van der Waals surface area contributed by atoms with E-state index in [4.69, 9.17) is 15.6 Å². The fraction of sp³-hybridized carbons (Fsp3) is 1.00. The summed E-state index contributed by atoms with van der Waals surface area (Å²) in [6, 6.07) is 0. The molecule has 0 saturated heterocycles. The maximum Gasteiger partial charge on any atom is 0.108 e. The summed E-state index contributed by atoms with van der Waals surface area (Å²) in [7, 11) is 0. The van der Waals surface area contributed by atoms with Gasteiger partial charge in [-0.25, -0.2) is 0 Å². The topological polar surface area (TPSA) is 55.5 Å². The van der Waals surface area contributed by atoms with Gasteiger partial charge < -0.3 is 15.6 Å². The van der Waals surface area contributed by atoms with E-state index in [0.717, 1.165) is 0 Å². The van der Waals surface area contributed by atoms with Crippen LogP contribution < -0.4 is 5.73 Å². The van der Waals surface area contributed by atoms with Crippen LogP contribution in [0.2, 0.25) is 0 Å². The Hall–Kier alpha value is -0.120. The molecule has 2 unspecified atom stereocenters. The number of hydrogen-bond acceptors (Lipinski definition) is 3. The highest BCUT2D eigenvalue weighted by molar-refractivity contribution is 4.54. The fourth-order valence-electron chi connectivity index (χ4n) is 0.741. The van der Waals surface area contributed by atoms with Crippen molar-refractivity contribution in [2.24, 2.45) is 5.73 Å². The minimum absolute atomic E-state index is 0.133. The lowest BCUT2D eigenvalue weighted by Crippen LogP contribution is -2.30. The van der Waals surface area contributed by atoms with Gasteiger partial charge in [-0.15, -0.1) is 0 Å². The highest BCUT2D eigenvalue weighted by Crippen LogP contribution is 1.99. The van der Waals surface area contributed by atoms with Gasteiger partial charge in [0.05, 0.1) is 12.2 Å². The van der Waals surface area contributed by atoms with Crippen molar-refractivity contribution in [1.29, 1.82) is 0 Å². The lowest BCUT2D eigenvalue weighted by Gasteiger charge is -2.16. The molecule has 0 aliphatic rings. The molecular weight excluding hydrogens is 130 g/mol. The second-order valence-corrected chi connectivity index (χ2v) is 2.81. The first-order chi connectivity index (χ1) is 4.52. The van der Waals surface area contributed by atoms with Crippen LogP contribution in [-0.4, -0.2) is 23.5 Å². The van der Waals surface area contributed by atoms with E-state index in [2.05, 4.69) is 0 Å². The quantitative estimate of drug-likeness (QED) is 0.568. The van der Waals surface area contributed by atoms with Crippen LogP contribution in [0.3, 0.4) is 0 Å². The zero-order valence-corrected chi connectivity index (χ0v) is 6.87. The molecule has 0 spiro atoms. The number of aliphatic hydroxyl groups is 1. The fourth-order valence-corrected chi connectivity index (χ4v) is 0.741. The van der Waals surface area contributed by atoms with Gasteiger partial charge in [-0.2, -0.15) is 0 Å². The average molecular weight is 147 g/mol. The van der Waals surface area contributed by atoms with E-state index in [0.29, 0.717) is 6.42 Å². The minimum atomic E-state index is -0.381. The summed E-state index contributed by atoms with van der Waals surface area (Å²) in [5.41, 5.74) is 5.49. The molecule has 0 radical (unpaired) electrons. The SMILES string of the molecule is CC(O)CC(N)OC(C)C. The van der Waals surface area contributed by atoms with E-state index in [1.54, 1.807) is 6.92 Å². The largest absolute Gasteiger partial charge is 0.393 e. The van der Waals surface area contributed by atoms with Gasteiger partial charge in [-0.1, -0.05) is 0 Å². The first-order valence-electron chi connectivity index (χ1n) is 3.61. The molecule has 3 nitrogen and oxygen atoms in total. The van der Waals surface area contributed by atoms with E-state index in [-0.39, 0.29) is 18.4 Å². The van der Waals surface area contributed by atoms with Crippen LogP contribution in [0.5, 0.6) is 0 Å². The van der Waals surface area contributed by atoms with Crippen molar-refractivity contribution in [2.75, 3.05) is 0 Å². The van der Waals surface area contributed by atoms with Gasteiger partial charge in [0.2, 0.25) is 0 Å². The first kappa shape index (κ1) is 9.88. The van der Waals surface area contributed by atoms with E-state index < -0.39 is 0 Å². The standard InChI is InChI=1S/C7H17NO2/c1-5(2)10-7(8)4-6(3)9/h5-7,9H,4,8H2,1-3H3. The summed E-state index contributed by atoms with van der Waals surface area (Å²) in [5, 5.41) is 8.88. The maximum absolute atomic E-state index is 8.88. The molecule has 0 saturated carbocycles. The Morgan fingerprint density at radius 3 is 2.20 bits per heavy atom. The Kier molecular flexibility index (Phi) is 4.60. The molecule has 0 amide bonds. The Bertz CT molecular complexity index is 73.7. The number of hydrogen-bond donors (Lipinski definition) is 2. The average Bonchev–Trinajstić information content (AvgIpc) is 1.58. The monoisotopic (exact) mass is 147 g/mol. The zero-order valence-electron chi connectivity index (χ0n) is 6.87. The summed E-state index contributed by atoms with van der Waals surface area (Å²) in [6.45, 7) is 5.54. The third-order valence-electron chi connectivity index (χ3n) is 1.02. The second kappa shape index (κ2) is 4.66. The molecule has 0 rings (SSSR count). The van der Waals surface area contributed by atoms with Gasteiger partial charge in [-0.3, -0.25) is 0 Å². The Labute approximate surface area is 62.2 Å². The Balaban J connectivity index is 3.34. The second-order valence-electron chi connectivity index (χ2n) is 2.81. The van der Waals surface area contributed by atoms with Crippen molar-refractivity contribution >= 4 is 0 Å². The van der Waals surface area contributed by atoms with Crippen LogP contribution in [0.15, 0.2) is 0 Å². The van der Waals surface area contributed by atoms with Crippen LogP contribution in [0.1, 0.15) is 27.2 Å². The molecule has 3 N–H and O–H groups in total. The normalized spacial score (nSPS) is 17.4. The van der Waals surface area contributed by atoms with E-state index >= 15 is 0 Å². The molecular formula is C7H17NO2. The van der Waals surface area contributed by atoms with Crippen molar-refractivity contribution in [3.8, 4) is 0 Å². The summed E-state index contributed by atoms with van der Waals surface area (Å²) in [5.74, 6) is 0. The predicted molar refractivity (Wildman–Crippen MR) is 40.5 cm³/mol. The minimum Gasteiger partial charge on any atom is -0.393 e. The van der Waals surface area contributed by atoms with Crippen LogP contribution in [0.25, 0.3) is 0 Å². The smallest absolute Gasteiger partial charge is 0.108 e.